The number of imidazole rings is 1. The maximum absolute atomic E-state index is 12.6. The topological polar surface area (TPSA) is 64.0 Å². The number of nitrogens with one attached hydrogen (secondary N) is 1. The Morgan fingerprint density at radius 1 is 1.36 bits per heavy atom. The van der Waals surface area contributed by atoms with E-state index in [1.54, 1.807) is 6.08 Å². The Labute approximate surface area is 139 Å². The van der Waals surface area contributed by atoms with Crippen molar-refractivity contribution < 1.29 is 8.42 Å². The number of hydrogen-bond acceptors (Lipinski definition) is 4. The van der Waals surface area contributed by atoms with Crippen molar-refractivity contribution in [3.8, 4) is 0 Å². The van der Waals surface area contributed by atoms with Gasteiger partial charge in [0.2, 0.25) is 10.0 Å². The van der Waals surface area contributed by atoms with Gasteiger partial charge < -0.3 is 4.57 Å². The molecule has 2 aliphatic heterocycles. The molecule has 1 aliphatic carbocycles. The largest absolute Gasteiger partial charge is 0.335 e. The molecule has 0 saturated heterocycles. The fraction of sp³-hybridized carbons (Fsp3) is 0.643. The van der Waals surface area contributed by atoms with E-state index in [0.29, 0.717) is 22.5 Å². The summed E-state index contributed by atoms with van der Waals surface area (Å²) in [6.07, 6.45) is 9.15. The molecule has 2 bridgehead atoms. The van der Waals surface area contributed by atoms with E-state index in [0.717, 1.165) is 31.6 Å². The van der Waals surface area contributed by atoms with Crippen LogP contribution in [0, 0.1) is 11.8 Å². The summed E-state index contributed by atoms with van der Waals surface area (Å²) in [7, 11) is -3.45. The summed E-state index contributed by atoms with van der Waals surface area (Å²) in [6.45, 7) is 0.851. The molecular weight excluding hydrogens is 342 g/mol. The molecule has 22 heavy (non-hydrogen) atoms. The summed E-state index contributed by atoms with van der Waals surface area (Å²) in [5, 5.41) is 0. The number of nitrogens with zero attached hydrogens (tertiary/aromatic N) is 2. The molecule has 120 valence electrons. The van der Waals surface area contributed by atoms with Crippen molar-refractivity contribution in [1.82, 2.24) is 14.3 Å². The molecule has 4 atom stereocenters. The van der Waals surface area contributed by atoms with Crippen molar-refractivity contribution in [3.63, 3.8) is 0 Å². The van der Waals surface area contributed by atoms with Crippen molar-refractivity contribution in [2.75, 3.05) is 0 Å². The molecule has 1 saturated carbocycles. The molecule has 0 radical (unpaired) electrons. The summed E-state index contributed by atoms with van der Waals surface area (Å²) < 4.78 is 30.6. The van der Waals surface area contributed by atoms with Crippen LogP contribution >= 0.6 is 23.4 Å². The van der Waals surface area contributed by atoms with E-state index in [4.69, 9.17) is 11.6 Å². The number of fused-ring (bicyclic) bond motifs is 3. The Kier molecular flexibility index (Phi) is 3.79. The summed E-state index contributed by atoms with van der Waals surface area (Å²) in [5.74, 6) is 1.75. The lowest BCUT2D eigenvalue weighted by Crippen LogP contribution is -2.42. The number of allylic oxidation sites excluding steroid dienone is 1. The third-order valence-corrected chi connectivity index (χ3v) is 8.39. The zero-order chi connectivity index (χ0) is 15.3. The van der Waals surface area contributed by atoms with Gasteiger partial charge in [0.05, 0.1) is 4.71 Å². The van der Waals surface area contributed by atoms with Gasteiger partial charge in [-0.15, -0.1) is 11.6 Å². The molecule has 4 unspecified atom stereocenters. The summed E-state index contributed by atoms with van der Waals surface area (Å²) in [6, 6.07) is 0.00238. The molecule has 0 spiro atoms. The van der Waals surface area contributed by atoms with Gasteiger partial charge in [-0.2, -0.15) is 0 Å². The molecule has 1 N–H and O–H groups in total. The van der Waals surface area contributed by atoms with E-state index < -0.39 is 10.0 Å². The number of sulfonamides is 1. The third kappa shape index (κ3) is 2.62. The number of halogens is 1. The quantitative estimate of drug-likeness (QED) is 0.841. The van der Waals surface area contributed by atoms with Crippen LogP contribution in [0.5, 0.6) is 0 Å². The average Bonchev–Trinajstić information content (AvgIpc) is 3.12. The Morgan fingerprint density at radius 2 is 2.18 bits per heavy atom. The predicted molar refractivity (Wildman–Crippen MR) is 87.9 cm³/mol. The molecule has 0 amide bonds. The maximum Gasteiger partial charge on any atom is 0.246 e. The van der Waals surface area contributed by atoms with E-state index in [9.17, 15) is 8.42 Å². The molecule has 1 fully saturated rings. The normalized spacial score (nSPS) is 34.3. The molecule has 5 nitrogen and oxygen atoms in total. The SMILES string of the molecule is O=S(=O)(NC1C2CCC1Cn1ccnc1C2)C1=CCC(Cl)S1. The van der Waals surface area contributed by atoms with Crippen LogP contribution in [0.15, 0.2) is 22.7 Å². The van der Waals surface area contributed by atoms with Crippen LogP contribution < -0.4 is 4.72 Å². The van der Waals surface area contributed by atoms with Crippen LogP contribution in [0.1, 0.15) is 25.1 Å². The van der Waals surface area contributed by atoms with Crippen LogP contribution in [0.25, 0.3) is 0 Å². The fourth-order valence-corrected chi connectivity index (χ4v) is 7.15. The highest BCUT2D eigenvalue weighted by Gasteiger charge is 2.42. The van der Waals surface area contributed by atoms with Gasteiger partial charge in [0, 0.05) is 31.4 Å². The third-order valence-electron chi connectivity index (χ3n) is 4.87. The van der Waals surface area contributed by atoms with Crippen LogP contribution in [0.3, 0.4) is 0 Å². The van der Waals surface area contributed by atoms with Crippen LogP contribution in [-0.2, 0) is 23.0 Å². The van der Waals surface area contributed by atoms with Crippen LogP contribution in [0.2, 0.25) is 0 Å². The number of hydrogen-bond donors (Lipinski definition) is 1. The first-order chi connectivity index (χ1) is 10.5. The molecular formula is C14H18ClN3O2S2. The second-order valence-corrected chi connectivity index (χ2v) is 10.2. The van der Waals surface area contributed by atoms with E-state index >= 15 is 0 Å². The van der Waals surface area contributed by atoms with Crippen molar-refractivity contribution in [2.45, 2.75) is 43.0 Å². The van der Waals surface area contributed by atoms with E-state index in [-0.39, 0.29) is 10.8 Å². The van der Waals surface area contributed by atoms with Crippen molar-refractivity contribution in [1.29, 1.82) is 0 Å². The minimum absolute atomic E-state index is 0.00238. The standard InChI is InChI=1S/C14H18ClN3O2S2/c15-11-3-4-13(21-11)22(19,20)17-14-9-1-2-10(14)8-18-6-5-16-12(18)7-9/h4-6,9-11,14,17H,1-3,7-8H2. The molecule has 1 aromatic heterocycles. The molecule has 8 heteroatoms. The smallest absolute Gasteiger partial charge is 0.246 e. The molecule has 4 rings (SSSR count). The Balaban J connectivity index is 1.55. The van der Waals surface area contributed by atoms with Gasteiger partial charge in [0.1, 0.15) is 10.1 Å². The predicted octanol–water partition coefficient (Wildman–Crippen LogP) is 2.30. The van der Waals surface area contributed by atoms with Crippen LogP contribution in [0.4, 0.5) is 0 Å². The lowest BCUT2D eigenvalue weighted by atomic mass is 9.97. The minimum Gasteiger partial charge on any atom is -0.335 e. The monoisotopic (exact) mass is 359 g/mol. The first-order valence-electron chi connectivity index (χ1n) is 7.56. The summed E-state index contributed by atoms with van der Waals surface area (Å²) >= 11 is 7.24. The van der Waals surface area contributed by atoms with Gasteiger partial charge in [-0.3, -0.25) is 0 Å². The van der Waals surface area contributed by atoms with E-state index in [2.05, 4.69) is 14.3 Å². The number of thioether (sulfide) groups is 1. The van der Waals surface area contributed by atoms with Gasteiger partial charge in [-0.05, 0) is 31.1 Å². The van der Waals surface area contributed by atoms with Gasteiger partial charge in [-0.25, -0.2) is 18.1 Å². The Hall–Kier alpha value is -0.500. The number of rotatable bonds is 3. The Bertz CT molecular complexity index is 687. The van der Waals surface area contributed by atoms with Gasteiger partial charge in [0.15, 0.2) is 0 Å². The summed E-state index contributed by atoms with van der Waals surface area (Å²) in [4.78, 5) is 4.41. The average molecular weight is 360 g/mol. The molecule has 3 aliphatic rings. The van der Waals surface area contributed by atoms with Crippen LogP contribution in [-0.4, -0.2) is 28.7 Å². The Morgan fingerprint density at radius 3 is 2.95 bits per heavy atom. The van der Waals surface area contributed by atoms with E-state index in [1.165, 1.54) is 11.8 Å². The first-order valence-corrected chi connectivity index (χ1v) is 10.4. The minimum atomic E-state index is -3.45. The fourth-order valence-electron chi connectivity index (χ4n) is 3.80. The summed E-state index contributed by atoms with van der Waals surface area (Å²) in [5.41, 5.74) is 0. The van der Waals surface area contributed by atoms with Gasteiger partial charge >= 0.3 is 0 Å². The number of alkyl halides is 1. The highest BCUT2D eigenvalue weighted by atomic mass is 35.5. The van der Waals surface area contributed by atoms with E-state index in [1.807, 2.05) is 12.4 Å². The lowest BCUT2D eigenvalue weighted by Gasteiger charge is -2.23. The maximum atomic E-state index is 12.6. The molecule has 3 heterocycles. The molecule has 0 aromatic carbocycles. The van der Waals surface area contributed by atoms with Gasteiger partial charge in [0.25, 0.3) is 0 Å². The van der Waals surface area contributed by atoms with Crippen molar-refractivity contribution >= 4 is 33.4 Å². The number of aromatic nitrogens is 2. The molecule has 1 aromatic rings. The second-order valence-electron chi connectivity index (χ2n) is 6.23. The highest BCUT2D eigenvalue weighted by Crippen LogP contribution is 2.41. The second kappa shape index (κ2) is 5.54. The van der Waals surface area contributed by atoms with Crippen molar-refractivity contribution in [2.24, 2.45) is 11.8 Å². The van der Waals surface area contributed by atoms with Gasteiger partial charge in [-0.1, -0.05) is 17.8 Å². The highest BCUT2D eigenvalue weighted by molar-refractivity contribution is 8.19. The first kappa shape index (κ1) is 15.1. The lowest BCUT2D eigenvalue weighted by molar-refractivity contribution is 0.369. The zero-order valence-corrected chi connectivity index (χ0v) is 14.4. The van der Waals surface area contributed by atoms with Crippen molar-refractivity contribution in [3.05, 3.63) is 28.5 Å². The zero-order valence-electron chi connectivity index (χ0n) is 12.0.